The van der Waals surface area contributed by atoms with Crippen LogP contribution in [0.1, 0.15) is 6.92 Å². The van der Waals surface area contributed by atoms with Crippen molar-refractivity contribution in [3.05, 3.63) is 28.3 Å². The number of hydrogen-bond acceptors (Lipinski definition) is 6. The lowest BCUT2D eigenvalue weighted by Gasteiger charge is -2.37. The lowest BCUT2D eigenvalue weighted by atomic mass is 10.1. The molecule has 2 N–H and O–H groups in total. The lowest BCUT2D eigenvalue weighted by Crippen LogP contribution is -2.48. The van der Waals surface area contributed by atoms with E-state index >= 15 is 0 Å². The third kappa shape index (κ3) is 2.83. The zero-order valence-corrected chi connectivity index (χ0v) is 11.6. The van der Waals surface area contributed by atoms with Crippen LogP contribution in [0.25, 0.3) is 0 Å². The molecule has 0 bridgehead atoms. The third-order valence-corrected chi connectivity index (χ3v) is 3.34. The highest BCUT2D eigenvalue weighted by Crippen LogP contribution is 2.36. The van der Waals surface area contributed by atoms with Crippen LogP contribution in [0.4, 0.5) is 17.1 Å². The molecule has 1 aromatic rings. The highest BCUT2D eigenvalue weighted by atomic mass is 16.6. The molecule has 1 saturated heterocycles. The summed E-state index contributed by atoms with van der Waals surface area (Å²) in [7, 11) is 1.66. The van der Waals surface area contributed by atoms with Crippen molar-refractivity contribution in [2.24, 2.45) is 0 Å². The van der Waals surface area contributed by atoms with E-state index in [0.29, 0.717) is 24.5 Å². The van der Waals surface area contributed by atoms with Crippen LogP contribution in [-0.4, -0.2) is 49.0 Å². The number of anilines is 2. The van der Waals surface area contributed by atoms with E-state index in [1.807, 2.05) is 11.8 Å². The normalized spacial score (nSPS) is 22.6. The summed E-state index contributed by atoms with van der Waals surface area (Å²) >= 11 is 0. The van der Waals surface area contributed by atoms with E-state index in [-0.39, 0.29) is 29.4 Å². The quantitative estimate of drug-likeness (QED) is 0.637. The van der Waals surface area contributed by atoms with Gasteiger partial charge in [-0.1, -0.05) is 6.07 Å². The molecular weight excluding hydrogens is 262 g/mol. The van der Waals surface area contributed by atoms with Gasteiger partial charge in [0.2, 0.25) is 0 Å². The summed E-state index contributed by atoms with van der Waals surface area (Å²) < 4.78 is 5.57. The average Bonchev–Trinajstić information content (AvgIpc) is 2.45. The van der Waals surface area contributed by atoms with Gasteiger partial charge >= 0.3 is 5.69 Å². The molecule has 0 aromatic heterocycles. The lowest BCUT2D eigenvalue weighted by molar-refractivity contribution is -0.383. The van der Waals surface area contributed by atoms with Gasteiger partial charge < -0.3 is 20.1 Å². The van der Waals surface area contributed by atoms with E-state index in [1.54, 1.807) is 25.2 Å². The fourth-order valence-electron chi connectivity index (χ4n) is 2.52. The van der Waals surface area contributed by atoms with Crippen LogP contribution in [-0.2, 0) is 4.74 Å². The average molecular weight is 281 g/mol. The maximum Gasteiger partial charge on any atom is 0.315 e. The highest BCUT2D eigenvalue weighted by Gasteiger charge is 2.30. The van der Waals surface area contributed by atoms with E-state index < -0.39 is 0 Å². The summed E-state index contributed by atoms with van der Waals surface area (Å²) in [5.41, 5.74) is 1.09. The van der Waals surface area contributed by atoms with Crippen LogP contribution < -0.4 is 10.2 Å². The first-order chi connectivity index (χ1) is 9.56. The number of nitro benzene ring substituents is 1. The summed E-state index contributed by atoms with van der Waals surface area (Å²) in [5, 5.41) is 23.4. The summed E-state index contributed by atoms with van der Waals surface area (Å²) in [6.45, 7) is 2.79. The van der Waals surface area contributed by atoms with Crippen molar-refractivity contribution in [2.75, 3.05) is 37.0 Å². The second-order valence-corrected chi connectivity index (χ2v) is 4.84. The molecule has 1 aliphatic heterocycles. The number of morpholine rings is 1. The largest absolute Gasteiger partial charge is 0.394 e. The molecule has 7 nitrogen and oxygen atoms in total. The van der Waals surface area contributed by atoms with Crippen molar-refractivity contribution in [1.29, 1.82) is 0 Å². The van der Waals surface area contributed by atoms with Crippen molar-refractivity contribution in [3.8, 4) is 0 Å². The summed E-state index contributed by atoms with van der Waals surface area (Å²) in [6.07, 6.45) is -0.407. The molecule has 1 fully saturated rings. The molecule has 2 atom stereocenters. The van der Waals surface area contributed by atoms with Gasteiger partial charge in [0.05, 0.1) is 23.7 Å². The van der Waals surface area contributed by atoms with Crippen molar-refractivity contribution < 1.29 is 14.8 Å². The van der Waals surface area contributed by atoms with E-state index in [4.69, 9.17) is 4.74 Å². The van der Waals surface area contributed by atoms with E-state index in [0.717, 1.165) is 0 Å². The Kier molecular flexibility index (Phi) is 4.41. The summed E-state index contributed by atoms with van der Waals surface area (Å²) in [6, 6.07) is 5.18. The van der Waals surface area contributed by atoms with Crippen LogP contribution in [0.15, 0.2) is 18.2 Å². The van der Waals surface area contributed by atoms with Crippen LogP contribution in [0, 0.1) is 10.1 Å². The predicted molar refractivity (Wildman–Crippen MR) is 76.3 cm³/mol. The van der Waals surface area contributed by atoms with Gasteiger partial charge in [-0.3, -0.25) is 10.1 Å². The number of ether oxygens (including phenoxy) is 1. The number of nitrogens with one attached hydrogen (secondary N) is 1. The molecule has 110 valence electrons. The number of nitro groups is 1. The maximum absolute atomic E-state index is 11.3. The Morgan fingerprint density at radius 3 is 2.90 bits per heavy atom. The highest BCUT2D eigenvalue weighted by molar-refractivity contribution is 5.77. The van der Waals surface area contributed by atoms with Crippen molar-refractivity contribution >= 4 is 17.1 Å². The fraction of sp³-hybridized carbons (Fsp3) is 0.538. The number of para-hydroxylation sites is 1. The van der Waals surface area contributed by atoms with Crippen molar-refractivity contribution in [2.45, 2.75) is 19.1 Å². The molecule has 1 aliphatic rings. The molecule has 0 amide bonds. The van der Waals surface area contributed by atoms with Crippen molar-refractivity contribution in [3.63, 3.8) is 0 Å². The van der Waals surface area contributed by atoms with Gasteiger partial charge in [0.25, 0.3) is 0 Å². The number of rotatable bonds is 4. The summed E-state index contributed by atoms with van der Waals surface area (Å²) in [5.74, 6) is 0. The van der Waals surface area contributed by atoms with E-state index in [1.165, 1.54) is 0 Å². The zero-order valence-electron chi connectivity index (χ0n) is 11.6. The molecule has 2 rings (SSSR count). The third-order valence-electron chi connectivity index (χ3n) is 3.34. The van der Waals surface area contributed by atoms with Crippen LogP contribution in [0.2, 0.25) is 0 Å². The fourth-order valence-corrected chi connectivity index (χ4v) is 2.52. The minimum atomic E-state index is -0.380. The first-order valence-electron chi connectivity index (χ1n) is 6.53. The molecular formula is C13H19N3O4. The molecule has 0 saturated carbocycles. The Hall–Kier alpha value is -1.86. The van der Waals surface area contributed by atoms with Gasteiger partial charge in [0, 0.05) is 20.1 Å². The standard InChI is InChI=1S/C13H19N3O4/c1-9-6-15(7-10(8-17)20-9)12-5-3-4-11(14-2)13(12)16(18)19/h3-5,9-10,14,17H,6-8H2,1-2H3. The van der Waals surface area contributed by atoms with Crippen molar-refractivity contribution in [1.82, 2.24) is 0 Å². The minimum absolute atomic E-state index is 0.0563. The number of benzene rings is 1. The Morgan fingerprint density at radius 1 is 1.55 bits per heavy atom. The molecule has 20 heavy (non-hydrogen) atoms. The molecule has 0 spiro atoms. The summed E-state index contributed by atoms with van der Waals surface area (Å²) in [4.78, 5) is 12.9. The first kappa shape index (κ1) is 14.5. The van der Waals surface area contributed by atoms with Crippen LogP contribution in [0.3, 0.4) is 0 Å². The minimum Gasteiger partial charge on any atom is -0.394 e. The molecule has 1 aromatic carbocycles. The Bertz CT molecular complexity index is 495. The maximum atomic E-state index is 11.3. The zero-order chi connectivity index (χ0) is 14.7. The van der Waals surface area contributed by atoms with Gasteiger partial charge in [-0.2, -0.15) is 0 Å². The molecule has 0 aliphatic carbocycles. The SMILES string of the molecule is CNc1cccc(N2CC(C)OC(CO)C2)c1[N+](=O)[O-]. The van der Waals surface area contributed by atoms with Gasteiger partial charge in [-0.05, 0) is 19.1 Å². The molecule has 7 heteroatoms. The monoisotopic (exact) mass is 281 g/mol. The van der Waals surface area contributed by atoms with Gasteiger partial charge in [-0.15, -0.1) is 0 Å². The second kappa shape index (κ2) is 6.06. The molecule has 2 unspecified atom stereocenters. The smallest absolute Gasteiger partial charge is 0.315 e. The number of nitrogens with zero attached hydrogens (tertiary/aromatic N) is 2. The Balaban J connectivity index is 2.38. The van der Waals surface area contributed by atoms with Gasteiger partial charge in [0.1, 0.15) is 11.4 Å². The molecule has 0 radical (unpaired) electrons. The van der Waals surface area contributed by atoms with Crippen LogP contribution in [0.5, 0.6) is 0 Å². The number of hydrogen-bond donors (Lipinski definition) is 2. The topological polar surface area (TPSA) is 87.9 Å². The van der Waals surface area contributed by atoms with E-state index in [9.17, 15) is 15.2 Å². The van der Waals surface area contributed by atoms with E-state index in [2.05, 4.69) is 5.32 Å². The Labute approximate surface area is 117 Å². The molecule has 1 heterocycles. The number of aliphatic hydroxyl groups excluding tert-OH is 1. The second-order valence-electron chi connectivity index (χ2n) is 4.84. The van der Waals surface area contributed by atoms with Gasteiger partial charge in [0.15, 0.2) is 0 Å². The Morgan fingerprint density at radius 2 is 2.30 bits per heavy atom. The van der Waals surface area contributed by atoms with Crippen LogP contribution >= 0.6 is 0 Å². The predicted octanol–water partition coefficient (Wildman–Crippen LogP) is 1.22. The van der Waals surface area contributed by atoms with Gasteiger partial charge in [-0.25, -0.2) is 0 Å². The number of aliphatic hydroxyl groups is 1. The first-order valence-corrected chi connectivity index (χ1v) is 6.53.